The van der Waals surface area contributed by atoms with E-state index in [1.54, 1.807) is 0 Å². The minimum atomic E-state index is 0.219. The maximum Gasteiger partial charge on any atom is 0.220 e. The van der Waals surface area contributed by atoms with E-state index >= 15 is 0 Å². The smallest absolute Gasteiger partial charge is 0.220 e. The maximum absolute atomic E-state index is 11.3. The van der Waals surface area contributed by atoms with Crippen LogP contribution in [0.15, 0.2) is 0 Å². The van der Waals surface area contributed by atoms with Gasteiger partial charge in [0.1, 0.15) is 0 Å². The summed E-state index contributed by atoms with van der Waals surface area (Å²) in [6, 6.07) is 1.14. The standard InChI is InChI=1S/C19H38N2O/c1-3-5-7-8-9-11-13-17(12-10-6-4-2)21-18-14-15-19(22)20-16-18/h17-18,21H,3-16H2,1-2H3,(H,20,22)/t17?,18-/m0/s1. The summed E-state index contributed by atoms with van der Waals surface area (Å²) in [6.07, 6.45) is 16.5. The van der Waals surface area contributed by atoms with Crippen LogP contribution in [0.3, 0.4) is 0 Å². The summed E-state index contributed by atoms with van der Waals surface area (Å²) in [4.78, 5) is 11.3. The molecule has 0 aromatic carbocycles. The van der Waals surface area contributed by atoms with Gasteiger partial charge in [-0.15, -0.1) is 0 Å². The fourth-order valence-corrected chi connectivity index (χ4v) is 3.33. The first kappa shape index (κ1) is 19.5. The van der Waals surface area contributed by atoms with Crippen molar-refractivity contribution in [2.45, 2.75) is 109 Å². The molecule has 0 aromatic rings. The van der Waals surface area contributed by atoms with Crippen molar-refractivity contribution < 1.29 is 4.79 Å². The van der Waals surface area contributed by atoms with Crippen molar-refractivity contribution in [3.8, 4) is 0 Å². The lowest BCUT2D eigenvalue weighted by atomic mass is 9.98. The Balaban J connectivity index is 2.21. The Hall–Kier alpha value is -0.570. The van der Waals surface area contributed by atoms with Crippen molar-refractivity contribution in [2.75, 3.05) is 6.54 Å². The molecule has 1 rings (SSSR count). The molecule has 1 saturated heterocycles. The van der Waals surface area contributed by atoms with Gasteiger partial charge in [-0.05, 0) is 19.3 Å². The molecule has 2 N–H and O–H groups in total. The maximum atomic E-state index is 11.3. The largest absolute Gasteiger partial charge is 0.355 e. The molecule has 3 heteroatoms. The molecule has 1 heterocycles. The van der Waals surface area contributed by atoms with Gasteiger partial charge >= 0.3 is 0 Å². The average molecular weight is 311 g/mol. The molecule has 1 aliphatic heterocycles. The zero-order valence-corrected chi connectivity index (χ0v) is 15.0. The Bertz CT molecular complexity index is 271. The van der Waals surface area contributed by atoms with E-state index in [-0.39, 0.29) is 5.91 Å². The third kappa shape index (κ3) is 9.45. The SMILES string of the molecule is CCCCCCCCC(CCCCC)N[C@H]1CCC(=O)NC1. The van der Waals surface area contributed by atoms with Crippen molar-refractivity contribution in [1.82, 2.24) is 10.6 Å². The second kappa shape index (κ2) is 12.9. The summed E-state index contributed by atoms with van der Waals surface area (Å²) >= 11 is 0. The lowest BCUT2D eigenvalue weighted by Crippen LogP contribution is -2.49. The van der Waals surface area contributed by atoms with Crippen LogP contribution >= 0.6 is 0 Å². The van der Waals surface area contributed by atoms with Crippen LogP contribution in [0, 0.1) is 0 Å². The Kier molecular flexibility index (Phi) is 11.4. The number of rotatable bonds is 13. The summed E-state index contributed by atoms with van der Waals surface area (Å²) in [6.45, 7) is 5.36. The van der Waals surface area contributed by atoms with Gasteiger partial charge < -0.3 is 10.6 Å². The van der Waals surface area contributed by atoms with Crippen LogP contribution in [0.25, 0.3) is 0 Å². The average Bonchev–Trinajstić information content (AvgIpc) is 2.53. The fourth-order valence-electron chi connectivity index (χ4n) is 3.33. The van der Waals surface area contributed by atoms with Crippen LogP contribution in [0.4, 0.5) is 0 Å². The molecule has 1 amide bonds. The second-order valence-electron chi connectivity index (χ2n) is 6.96. The van der Waals surface area contributed by atoms with Crippen LogP contribution < -0.4 is 10.6 Å². The number of hydrogen-bond donors (Lipinski definition) is 2. The van der Waals surface area contributed by atoms with Crippen LogP contribution in [0.2, 0.25) is 0 Å². The third-order valence-electron chi connectivity index (χ3n) is 4.80. The molecule has 2 atom stereocenters. The van der Waals surface area contributed by atoms with Gasteiger partial charge in [0.2, 0.25) is 5.91 Å². The van der Waals surface area contributed by atoms with Gasteiger partial charge in [-0.2, -0.15) is 0 Å². The summed E-state index contributed by atoms with van der Waals surface area (Å²) < 4.78 is 0. The monoisotopic (exact) mass is 310 g/mol. The van der Waals surface area contributed by atoms with Crippen molar-refractivity contribution in [3.05, 3.63) is 0 Å². The van der Waals surface area contributed by atoms with E-state index in [1.807, 2.05) is 0 Å². The van der Waals surface area contributed by atoms with E-state index in [2.05, 4.69) is 24.5 Å². The lowest BCUT2D eigenvalue weighted by Gasteiger charge is -2.29. The summed E-state index contributed by atoms with van der Waals surface area (Å²) in [5.41, 5.74) is 0. The van der Waals surface area contributed by atoms with Crippen LogP contribution in [-0.4, -0.2) is 24.5 Å². The van der Waals surface area contributed by atoms with E-state index < -0.39 is 0 Å². The van der Waals surface area contributed by atoms with Gasteiger partial charge in [-0.25, -0.2) is 0 Å². The topological polar surface area (TPSA) is 41.1 Å². The number of carbonyl (C=O) groups excluding carboxylic acids is 1. The number of amides is 1. The second-order valence-corrected chi connectivity index (χ2v) is 6.96. The van der Waals surface area contributed by atoms with Gasteiger partial charge in [0.05, 0.1) is 0 Å². The fraction of sp³-hybridized carbons (Fsp3) is 0.947. The van der Waals surface area contributed by atoms with Crippen molar-refractivity contribution in [3.63, 3.8) is 0 Å². The van der Waals surface area contributed by atoms with Gasteiger partial charge in [0, 0.05) is 25.0 Å². The molecular weight excluding hydrogens is 272 g/mol. The van der Waals surface area contributed by atoms with E-state index in [4.69, 9.17) is 0 Å². The molecule has 3 nitrogen and oxygen atoms in total. The zero-order valence-electron chi connectivity index (χ0n) is 15.0. The number of nitrogens with one attached hydrogen (secondary N) is 2. The number of carbonyl (C=O) groups is 1. The lowest BCUT2D eigenvalue weighted by molar-refractivity contribution is -0.122. The third-order valence-corrected chi connectivity index (χ3v) is 4.80. The molecule has 0 aliphatic carbocycles. The van der Waals surface area contributed by atoms with Crippen LogP contribution in [0.5, 0.6) is 0 Å². The number of hydrogen-bond acceptors (Lipinski definition) is 2. The quantitative estimate of drug-likeness (QED) is 0.490. The van der Waals surface area contributed by atoms with Crippen molar-refractivity contribution in [1.29, 1.82) is 0 Å². The first-order valence-electron chi connectivity index (χ1n) is 9.79. The van der Waals surface area contributed by atoms with Crippen LogP contribution in [0.1, 0.15) is 97.3 Å². The van der Waals surface area contributed by atoms with Gasteiger partial charge in [-0.1, -0.05) is 71.6 Å². The molecule has 0 bridgehead atoms. The Morgan fingerprint density at radius 3 is 2.23 bits per heavy atom. The molecule has 0 radical (unpaired) electrons. The Morgan fingerprint density at radius 1 is 1.00 bits per heavy atom. The minimum absolute atomic E-state index is 0.219. The molecule has 1 fully saturated rings. The van der Waals surface area contributed by atoms with E-state index in [1.165, 1.54) is 70.6 Å². The molecule has 22 heavy (non-hydrogen) atoms. The Morgan fingerprint density at radius 2 is 1.59 bits per heavy atom. The molecule has 0 aromatic heterocycles. The predicted octanol–water partition coefficient (Wildman–Crippen LogP) is 4.55. The van der Waals surface area contributed by atoms with E-state index in [9.17, 15) is 4.79 Å². The highest BCUT2D eigenvalue weighted by Crippen LogP contribution is 2.15. The van der Waals surface area contributed by atoms with Crippen molar-refractivity contribution >= 4 is 5.91 Å². The summed E-state index contributed by atoms with van der Waals surface area (Å²) in [5.74, 6) is 0.219. The molecule has 0 saturated carbocycles. The normalized spacial score (nSPS) is 19.9. The molecular formula is C19H38N2O. The minimum Gasteiger partial charge on any atom is -0.355 e. The highest BCUT2D eigenvalue weighted by Gasteiger charge is 2.20. The molecule has 130 valence electrons. The highest BCUT2D eigenvalue weighted by molar-refractivity contribution is 5.76. The molecule has 1 aliphatic rings. The predicted molar refractivity (Wildman–Crippen MR) is 95.1 cm³/mol. The molecule has 0 spiro atoms. The number of unbranched alkanes of at least 4 members (excludes halogenated alkanes) is 7. The van der Waals surface area contributed by atoms with Gasteiger partial charge in [-0.3, -0.25) is 4.79 Å². The molecule has 1 unspecified atom stereocenters. The van der Waals surface area contributed by atoms with E-state index in [0.717, 1.165) is 13.0 Å². The highest BCUT2D eigenvalue weighted by atomic mass is 16.1. The first-order valence-corrected chi connectivity index (χ1v) is 9.79. The zero-order chi connectivity index (χ0) is 16.0. The summed E-state index contributed by atoms with van der Waals surface area (Å²) in [7, 11) is 0. The van der Waals surface area contributed by atoms with Gasteiger partial charge in [0.15, 0.2) is 0 Å². The Labute approximate surface area is 138 Å². The van der Waals surface area contributed by atoms with E-state index in [0.29, 0.717) is 18.5 Å². The van der Waals surface area contributed by atoms with Gasteiger partial charge in [0.25, 0.3) is 0 Å². The summed E-state index contributed by atoms with van der Waals surface area (Å²) in [5, 5.41) is 6.82. The van der Waals surface area contributed by atoms with Crippen LogP contribution in [-0.2, 0) is 4.79 Å². The number of piperidine rings is 1. The van der Waals surface area contributed by atoms with Crippen molar-refractivity contribution in [2.24, 2.45) is 0 Å². The first-order chi connectivity index (χ1) is 10.8.